The smallest absolute Gasteiger partial charge is 0.181 e. The molecule has 2 aliphatic carbocycles. The van der Waals surface area contributed by atoms with E-state index in [0.29, 0.717) is 24.7 Å². The molecule has 3 fully saturated rings. The lowest BCUT2D eigenvalue weighted by molar-refractivity contribution is -0.135. The average Bonchev–Trinajstić information content (AvgIpc) is 3.10. The first-order valence-corrected chi connectivity index (χ1v) is 7.46. The predicted molar refractivity (Wildman–Crippen MR) is 73.3 cm³/mol. The Morgan fingerprint density at radius 1 is 1.40 bits per heavy atom. The molecule has 0 aromatic rings. The third-order valence-electron chi connectivity index (χ3n) is 5.95. The van der Waals surface area contributed by atoms with Crippen LogP contribution in [0, 0.1) is 17.3 Å². The zero-order chi connectivity index (χ0) is 14.9. The van der Waals surface area contributed by atoms with E-state index in [2.05, 4.69) is 6.92 Å². The molecule has 0 amide bonds. The molecule has 20 heavy (non-hydrogen) atoms. The van der Waals surface area contributed by atoms with Gasteiger partial charge in [0.25, 0.3) is 0 Å². The number of ether oxygens (including phenoxy) is 2. The number of epoxide rings is 1. The molecule has 4 nitrogen and oxygen atoms in total. The van der Waals surface area contributed by atoms with Crippen LogP contribution in [0.5, 0.6) is 0 Å². The van der Waals surface area contributed by atoms with Crippen LogP contribution in [-0.2, 0) is 19.1 Å². The molecule has 1 spiro atoms. The summed E-state index contributed by atoms with van der Waals surface area (Å²) in [6, 6.07) is 0. The van der Waals surface area contributed by atoms with E-state index in [0.717, 1.165) is 6.42 Å². The van der Waals surface area contributed by atoms with Gasteiger partial charge in [0.05, 0.1) is 6.10 Å². The number of hydrogen-bond donors (Lipinski definition) is 0. The summed E-state index contributed by atoms with van der Waals surface area (Å²) in [7, 11) is 1.67. The van der Waals surface area contributed by atoms with Crippen LogP contribution in [0.2, 0.25) is 0 Å². The van der Waals surface area contributed by atoms with Gasteiger partial charge in [-0.05, 0) is 44.4 Å². The van der Waals surface area contributed by atoms with Gasteiger partial charge in [0.15, 0.2) is 11.4 Å². The van der Waals surface area contributed by atoms with E-state index in [4.69, 9.17) is 9.47 Å². The quantitative estimate of drug-likeness (QED) is 0.740. The van der Waals surface area contributed by atoms with E-state index >= 15 is 0 Å². The highest BCUT2D eigenvalue weighted by Gasteiger charge is 2.83. The van der Waals surface area contributed by atoms with Crippen molar-refractivity contribution in [3.63, 3.8) is 0 Å². The van der Waals surface area contributed by atoms with Gasteiger partial charge in [0.2, 0.25) is 0 Å². The van der Waals surface area contributed by atoms with E-state index in [9.17, 15) is 9.59 Å². The molecule has 0 N–H and O–H groups in total. The van der Waals surface area contributed by atoms with E-state index in [1.165, 1.54) is 0 Å². The van der Waals surface area contributed by atoms with E-state index in [1.807, 2.05) is 13.8 Å². The fourth-order valence-electron chi connectivity index (χ4n) is 4.74. The van der Waals surface area contributed by atoms with Crippen LogP contribution in [0.1, 0.15) is 47.0 Å². The van der Waals surface area contributed by atoms with Gasteiger partial charge in [-0.1, -0.05) is 6.92 Å². The van der Waals surface area contributed by atoms with Crippen molar-refractivity contribution in [3.05, 3.63) is 0 Å². The average molecular weight is 280 g/mol. The summed E-state index contributed by atoms with van der Waals surface area (Å²) in [5, 5.41) is 0. The van der Waals surface area contributed by atoms with Gasteiger partial charge < -0.3 is 14.3 Å². The minimum Gasteiger partial charge on any atom is -0.378 e. The van der Waals surface area contributed by atoms with Crippen LogP contribution in [0.4, 0.5) is 0 Å². The van der Waals surface area contributed by atoms with Gasteiger partial charge in [-0.3, -0.25) is 4.79 Å². The Morgan fingerprint density at radius 3 is 2.45 bits per heavy atom. The molecule has 0 radical (unpaired) electrons. The Bertz CT molecular complexity index is 483. The summed E-state index contributed by atoms with van der Waals surface area (Å²) < 4.78 is 11.5. The van der Waals surface area contributed by atoms with Crippen LogP contribution >= 0.6 is 0 Å². The molecular formula is C16H24O4. The molecule has 1 saturated heterocycles. The summed E-state index contributed by atoms with van der Waals surface area (Å²) in [5.41, 5.74) is -1.16. The molecule has 0 aromatic heterocycles. The van der Waals surface area contributed by atoms with Crippen LogP contribution in [-0.4, -0.2) is 36.0 Å². The fourth-order valence-corrected chi connectivity index (χ4v) is 4.74. The SMILES string of the molecule is CO[C@H]1[C@@H]2[C@@H](CCC(C)=O)[C@]2(C)CC(=O)[C@@]12OC2(C)C. The van der Waals surface area contributed by atoms with Gasteiger partial charge in [-0.2, -0.15) is 0 Å². The molecule has 4 heteroatoms. The first kappa shape index (κ1) is 14.2. The summed E-state index contributed by atoms with van der Waals surface area (Å²) >= 11 is 0. The third kappa shape index (κ3) is 1.55. The lowest BCUT2D eigenvalue weighted by Gasteiger charge is -2.31. The number of methoxy groups -OCH3 is 1. The largest absolute Gasteiger partial charge is 0.378 e. The Kier molecular flexibility index (Phi) is 2.78. The van der Waals surface area contributed by atoms with Crippen molar-refractivity contribution < 1.29 is 19.1 Å². The molecule has 3 aliphatic rings. The highest BCUT2D eigenvalue weighted by atomic mass is 16.7. The molecule has 1 aliphatic heterocycles. The second kappa shape index (κ2) is 3.92. The number of hydrogen-bond acceptors (Lipinski definition) is 4. The Balaban J connectivity index is 1.84. The van der Waals surface area contributed by atoms with Crippen molar-refractivity contribution in [2.24, 2.45) is 17.3 Å². The summed E-state index contributed by atoms with van der Waals surface area (Å²) in [5.74, 6) is 1.14. The molecule has 112 valence electrons. The monoisotopic (exact) mass is 280 g/mol. The maximum atomic E-state index is 12.6. The van der Waals surface area contributed by atoms with Crippen LogP contribution in [0.3, 0.4) is 0 Å². The van der Waals surface area contributed by atoms with E-state index in [1.54, 1.807) is 14.0 Å². The Morgan fingerprint density at radius 2 is 2.00 bits per heavy atom. The predicted octanol–water partition coefficient (Wildman–Crippen LogP) is 2.14. The number of rotatable bonds is 4. The highest BCUT2D eigenvalue weighted by Crippen LogP contribution is 2.73. The Labute approximate surface area is 120 Å². The maximum absolute atomic E-state index is 12.6. The van der Waals surface area contributed by atoms with Gasteiger partial charge in [-0.15, -0.1) is 0 Å². The summed E-state index contributed by atoms with van der Waals surface area (Å²) in [6.07, 6.45) is 1.85. The molecule has 0 bridgehead atoms. The van der Waals surface area contributed by atoms with Gasteiger partial charge in [0.1, 0.15) is 11.4 Å². The molecule has 5 atom stereocenters. The number of fused-ring (bicyclic) bond motifs is 1. The fraction of sp³-hybridized carbons (Fsp3) is 0.875. The van der Waals surface area contributed by atoms with Crippen molar-refractivity contribution in [3.8, 4) is 0 Å². The Hall–Kier alpha value is -0.740. The van der Waals surface area contributed by atoms with Crippen LogP contribution < -0.4 is 0 Å². The maximum Gasteiger partial charge on any atom is 0.181 e. The molecule has 2 saturated carbocycles. The van der Waals surface area contributed by atoms with E-state index in [-0.39, 0.29) is 23.1 Å². The molecule has 1 heterocycles. The minimum atomic E-state index is -0.739. The van der Waals surface area contributed by atoms with Crippen molar-refractivity contribution in [1.82, 2.24) is 0 Å². The van der Waals surface area contributed by atoms with Gasteiger partial charge in [-0.25, -0.2) is 0 Å². The van der Waals surface area contributed by atoms with Crippen molar-refractivity contribution in [2.75, 3.05) is 7.11 Å². The van der Waals surface area contributed by atoms with E-state index < -0.39 is 11.2 Å². The lowest BCUT2D eigenvalue weighted by Crippen LogP contribution is -2.50. The molecule has 3 rings (SSSR count). The first-order valence-electron chi connectivity index (χ1n) is 7.46. The zero-order valence-electron chi connectivity index (χ0n) is 13.0. The van der Waals surface area contributed by atoms with Crippen LogP contribution in [0.15, 0.2) is 0 Å². The standard InChI is InChI=1S/C16H24O4/c1-9(17)6-7-10-12-13(19-5)16(14(2,3)20-16)11(18)8-15(10,12)4/h10,12-13H,6-8H2,1-5H3/t10-,12+,13+,15+,16-/m1/s1. The van der Waals surface area contributed by atoms with Crippen molar-refractivity contribution in [1.29, 1.82) is 0 Å². The topological polar surface area (TPSA) is 55.9 Å². The number of carbonyl (C=O) groups is 2. The third-order valence-corrected chi connectivity index (χ3v) is 5.95. The summed E-state index contributed by atoms with van der Waals surface area (Å²) in [4.78, 5) is 23.8. The highest BCUT2D eigenvalue weighted by molar-refractivity contribution is 5.95. The van der Waals surface area contributed by atoms with Crippen LogP contribution in [0.25, 0.3) is 0 Å². The molecule has 0 aromatic carbocycles. The number of ketones is 2. The molecule has 0 unspecified atom stereocenters. The summed E-state index contributed by atoms with van der Waals surface area (Å²) in [6.45, 7) is 7.72. The van der Waals surface area contributed by atoms with Crippen molar-refractivity contribution in [2.45, 2.75) is 64.3 Å². The van der Waals surface area contributed by atoms with Crippen molar-refractivity contribution >= 4 is 11.6 Å². The zero-order valence-corrected chi connectivity index (χ0v) is 13.0. The number of carbonyl (C=O) groups excluding carboxylic acids is 2. The molecular weight excluding hydrogens is 256 g/mol. The minimum absolute atomic E-state index is 0.000486. The second-order valence-corrected chi connectivity index (χ2v) is 7.48. The lowest BCUT2D eigenvalue weighted by atomic mass is 9.74. The van der Waals surface area contributed by atoms with Gasteiger partial charge >= 0.3 is 0 Å². The van der Waals surface area contributed by atoms with Gasteiger partial charge in [0, 0.05) is 20.0 Å². The second-order valence-electron chi connectivity index (χ2n) is 7.48. The first-order chi connectivity index (χ1) is 9.20. The number of Topliss-reactive ketones (excluding diaryl/α,β-unsaturated/α-hetero) is 2. The normalized spacial score (nSPS) is 48.0.